The minimum Gasteiger partial charge on any atom is -0.359 e. The molecule has 6 nitrogen and oxygen atoms in total. The fourth-order valence-electron chi connectivity index (χ4n) is 3.42. The summed E-state index contributed by atoms with van der Waals surface area (Å²) in [6, 6.07) is 3.97. The lowest BCUT2D eigenvalue weighted by Crippen LogP contribution is -2.44. The van der Waals surface area contributed by atoms with Crippen LogP contribution in [0.25, 0.3) is 0 Å². The molecule has 0 amide bonds. The van der Waals surface area contributed by atoms with Crippen LogP contribution in [0.2, 0.25) is 0 Å². The first kappa shape index (κ1) is 20.5. The van der Waals surface area contributed by atoms with Crippen molar-refractivity contribution in [2.75, 3.05) is 13.1 Å². The van der Waals surface area contributed by atoms with Crippen LogP contribution in [0.15, 0.2) is 15.6 Å². The van der Waals surface area contributed by atoms with Gasteiger partial charge in [0.2, 0.25) is 0 Å². The van der Waals surface area contributed by atoms with Gasteiger partial charge in [0.15, 0.2) is 11.7 Å². The zero-order valence-corrected chi connectivity index (χ0v) is 18.1. The molecule has 25 heavy (non-hydrogen) atoms. The van der Waals surface area contributed by atoms with Crippen LogP contribution in [0.5, 0.6) is 0 Å². The van der Waals surface area contributed by atoms with Crippen LogP contribution in [-0.4, -0.2) is 47.2 Å². The number of aromatic nitrogens is 1. The Morgan fingerprint density at radius 3 is 2.80 bits per heavy atom. The van der Waals surface area contributed by atoms with Gasteiger partial charge in [-0.05, 0) is 39.0 Å². The molecule has 1 saturated heterocycles. The number of rotatable bonds is 6. The zero-order valence-electron chi connectivity index (χ0n) is 15.8. The number of guanidine groups is 1. The molecule has 2 fully saturated rings. The maximum atomic E-state index is 5.38. The number of halogens is 1. The van der Waals surface area contributed by atoms with E-state index in [9.17, 15) is 0 Å². The lowest BCUT2D eigenvalue weighted by atomic mass is 10.1. The summed E-state index contributed by atoms with van der Waals surface area (Å²) in [5.41, 5.74) is 0.989. The molecule has 2 unspecified atom stereocenters. The van der Waals surface area contributed by atoms with Crippen LogP contribution in [0, 0.1) is 0 Å². The van der Waals surface area contributed by atoms with Crippen LogP contribution in [0.1, 0.15) is 64.3 Å². The smallest absolute Gasteiger partial charge is 0.191 e. The molecule has 2 aliphatic rings. The molecule has 1 aliphatic carbocycles. The number of likely N-dealkylation sites (tertiary alicyclic amines) is 1. The van der Waals surface area contributed by atoms with Crippen molar-refractivity contribution in [1.82, 2.24) is 20.7 Å². The number of nitrogens with one attached hydrogen (secondary N) is 2. The van der Waals surface area contributed by atoms with Crippen molar-refractivity contribution in [1.29, 1.82) is 0 Å². The first-order chi connectivity index (χ1) is 11.6. The van der Waals surface area contributed by atoms with Gasteiger partial charge in [-0.1, -0.05) is 19.0 Å². The van der Waals surface area contributed by atoms with Gasteiger partial charge in [0, 0.05) is 37.3 Å². The van der Waals surface area contributed by atoms with E-state index in [2.05, 4.69) is 53.4 Å². The quantitative estimate of drug-likeness (QED) is 0.387. The highest BCUT2D eigenvalue weighted by Crippen LogP contribution is 2.33. The molecule has 0 bridgehead atoms. The van der Waals surface area contributed by atoms with E-state index in [4.69, 9.17) is 4.52 Å². The second kappa shape index (κ2) is 9.21. The van der Waals surface area contributed by atoms with Gasteiger partial charge in [0.1, 0.15) is 6.54 Å². The highest BCUT2D eigenvalue weighted by Gasteiger charge is 2.38. The Morgan fingerprint density at radius 1 is 1.44 bits per heavy atom. The number of nitrogens with zero attached hydrogens (tertiary/aromatic N) is 3. The van der Waals surface area contributed by atoms with Crippen LogP contribution in [0.3, 0.4) is 0 Å². The van der Waals surface area contributed by atoms with Crippen molar-refractivity contribution < 1.29 is 4.52 Å². The molecule has 2 heterocycles. The van der Waals surface area contributed by atoms with Gasteiger partial charge >= 0.3 is 0 Å². The van der Waals surface area contributed by atoms with Crippen LogP contribution in [-0.2, 0) is 6.54 Å². The van der Waals surface area contributed by atoms with Crippen molar-refractivity contribution in [3.05, 3.63) is 17.5 Å². The largest absolute Gasteiger partial charge is 0.359 e. The van der Waals surface area contributed by atoms with Gasteiger partial charge in [-0.3, -0.25) is 4.90 Å². The molecule has 1 saturated carbocycles. The Hall–Kier alpha value is -0.830. The van der Waals surface area contributed by atoms with Gasteiger partial charge in [-0.25, -0.2) is 4.99 Å². The van der Waals surface area contributed by atoms with E-state index < -0.39 is 0 Å². The maximum absolute atomic E-state index is 5.38. The average Bonchev–Trinajstić information content (AvgIpc) is 3.14. The summed E-state index contributed by atoms with van der Waals surface area (Å²) < 4.78 is 5.38. The minimum absolute atomic E-state index is 0. The Labute approximate surface area is 168 Å². The standard InChI is InChI=1S/C18H31N5O.HI/c1-5-19-18(20-10-16-9-17(12(2)3)22-24-16)21-14-8-13(4)23(11-14)15-6-7-15;/h9,12-15H,5-8,10-11H2,1-4H3,(H2,19,20,21);1H. The molecule has 0 radical (unpaired) electrons. The van der Waals surface area contributed by atoms with Gasteiger partial charge in [0.05, 0.1) is 5.69 Å². The van der Waals surface area contributed by atoms with Gasteiger partial charge < -0.3 is 15.2 Å². The monoisotopic (exact) mass is 461 g/mol. The van der Waals surface area contributed by atoms with E-state index in [1.807, 2.05) is 6.07 Å². The lowest BCUT2D eigenvalue weighted by Gasteiger charge is -2.20. The van der Waals surface area contributed by atoms with Crippen molar-refractivity contribution in [2.45, 2.75) is 77.5 Å². The van der Waals surface area contributed by atoms with Crippen molar-refractivity contribution >= 4 is 29.9 Å². The molecular formula is C18H32IN5O. The van der Waals surface area contributed by atoms with Crippen LogP contribution < -0.4 is 10.6 Å². The van der Waals surface area contributed by atoms with Crippen LogP contribution in [0.4, 0.5) is 0 Å². The summed E-state index contributed by atoms with van der Waals surface area (Å²) in [6.45, 7) is 11.2. The second-order valence-corrected chi connectivity index (χ2v) is 7.42. The van der Waals surface area contributed by atoms with E-state index in [1.54, 1.807) is 0 Å². The molecule has 1 aromatic rings. The highest BCUT2D eigenvalue weighted by atomic mass is 127. The van der Waals surface area contributed by atoms with Crippen molar-refractivity contribution in [2.24, 2.45) is 4.99 Å². The molecule has 142 valence electrons. The number of hydrogen-bond acceptors (Lipinski definition) is 4. The summed E-state index contributed by atoms with van der Waals surface area (Å²) in [6.07, 6.45) is 3.92. The predicted molar refractivity (Wildman–Crippen MR) is 112 cm³/mol. The van der Waals surface area contributed by atoms with E-state index in [-0.39, 0.29) is 24.0 Å². The number of hydrogen-bond donors (Lipinski definition) is 2. The fourth-order valence-corrected chi connectivity index (χ4v) is 3.42. The first-order valence-corrected chi connectivity index (χ1v) is 9.32. The Balaban J connectivity index is 0.00000225. The molecular weight excluding hydrogens is 429 g/mol. The fraction of sp³-hybridized carbons (Fsp3) is 0.778. The second-order valence-electron chi connectivity index (χ2n) is 7.42. The summed E-state index contributed by atoms with van der Waals surface area (Å²) in [5.74, 6) is 2.07. The van der Waals surface area contributed by atoms with E-state index >= 15 is 0 Å². The van der Waals surface area contributed by atoms with E-state index in [1.165, 1.54) is 19.3 Å². The Morgan fingerprint density at radius 2 is 2.20 bits per heavy atom. The molecule has 1 aliphatic heterocycles. The lowest BCUT2D eigenvalue weighted by molar-refractivity contribution is 0.256. The zero-order chi connectivity index (χ0) is 17.1. The summed E-state index contributed by atoms with van der Waals surface area (Å²) in [4.78, 5) is 7.32. The van der Waals surface area contributed by atoms with E-state index in [0.717, 1.165) is 36.5 Å². The number of aliphatic imine (C=N–C) groups is 1. The normalized spacial score (nSPS) is 24.4. The third-order valence-corrected chi connectivity index (χ3v) is 4.89. The van der Waals surface area contributed by atoms with Gasteiger partial charge in [-0.2, -0.15) is 0 Å². The first-order valence-electron chi connectivity index (χ1n) is 9.32. The SMILES string of the molecule is CCNC(=NCc1cc(C(C)C)no1)NC1CC(C)N(C2CC2)C1.I. The molecule has 7 heteroatoms. The molecule has 0 spiro atoms. The Kier molecular flexibility index (Phi) is 7.54. The van der Waals surface area contributed by atoms with Crippen molar-refractivity contribution in [3.63, 3.8) is 0 Å². The Bertz CT molecular complexity index is 570. The summed E-state index contributed by atoms with van der Waals surface area (Å²) in [7, 11) is 0. The van der Waals surface area contributed by atoms with Crippen LogP contribution >= 0.6 is 24.0 Å². The minimum atomic E-state index is 0. The third-order valence-electron chi connectivity index (χ3n) is 4.89. The summed E-state index contributed by atoms with van der Waals surface area (Å²) >= 11 is 0. The van der Waals surface area contributed by atoms with E-state index in [0.29, 0.717) is 24.5 Å². The van der Waals surface area contributed by atoms with Gasteiger partial charge in [-0.15, -0.1) is 24.0 Å². The predicted octanol–water partition coefficient (Wildman–Crippen LogP) is 3.10. The average molecular weight is 461 g/mol. The molecule has 0 aromatic carbocycles. The highest BCUT2D eigenvalue weighted by molar-refractivity contribution is 14.0. The molecule has 2 atom stereocenters. The molecule has 1 aromatic heterocycles. The topological polar surface area (TPSA) is 65.7 Å². The summed E-state index contributed by atoms with van der Waals surface area (Å²) in [5, 5.41) is 11.0. The van der Waals surface area contributed by atoms with Gasteiger partial charge in [0.25, 0.3) is 0 Å². The molecule has 2 N–H and O–H groups in total. The maximum Gasteiger partial charge on any atom is 0.191 e. The third kappa shape index (κ3) is 5.57. The van der Waals surface area contributed by atoms with Crippen molar-refractivity contribution in [3.8, 4) is 0 Å². The molecule has 3 rings (SSSR count).